The molecular formula is C11H10BrNO4. The Morgan fingerprint density at radius 3 is 2.71 bits per heavy atom. The van der Waals surface area contributed by atoms with Crippen LogP contribution in [-0.4, -0.2) is 34.7 Å². The zero-order valence-electron chi connectivity index (χ0n) is 8.76. The van der Waals surface area contributed by atoms with Crippen molar-refractivity contribution in [1.82, 2.24) is 0 Å². The molecule has 0 radical (unpaired) electrons. The minimum Gasteiger partial charge on any atom is -0.478 e. The number of aliphatic hydroxyl groups is 1. The van der Waals surface area contributed by atoms with Crippen LogP contribution in [0.4, 0.5) is 5.69 Å². The van der Waals surface area contributed by atoms with Crippen LogP contribution in [0.5, 0.6) is 0 Å². The van der Waals surface area contributed by atoms with E-state index < -0.39 is 12.1 Å². The normalized spacial score (nSPS) is 19.8. The highest BCUT2D eigenvalue weighted by molar-refractivity contribution is 9.10. The molecule has 0 aliphatic carbocycles. The van der Waals surface area contributed by atoms with Crippen LogP contribution in [0.1, 0.15) is 16.8 Å². The summed E-state index contributed by atoms with van der Waals surface area (Å²) in [6.45, 7) is 0.134. The number of aromatic carboxylic acids is 1. The van der Waals surface area contributed by atoms with Crippen molar-refractivity contribution in [2.45, 2.75) is 12.5 Å². The molecule has 1 fully saturated rings. The molecule has 6 heteroatoms. The highest BCUT2D eigenvalue weighted by Crippen LogP contribution is 2.28. The minimum absolute atomic E-state index is 0.0333. The highest BCUT2D eigenvalue weighted by atomic mass is 79.9. The molecule has 1 aromatic rings. The third-order valence-corrected chi connectivity index (χ3v) is 3.08. The molecule has 2 N–H and O–H groups in total. The monoisotopic (exact) mass is 299 g/mol. The fourth-order valence-electron chi connectivity index (χ4n) is 1.83. The molecule has 1 atom stereocenters. The molecule has 1 amide bonds. The molecule has 0 saturated carbocycles. The van der Waals surface area contributed by atoms with E-state index in [2.05, 4.69) is 15.9 Å². The molecular weight excluding hydrogens is 290 g/mol. The average molecular weight is 300 g/mol. The first-order valence-electron chi connectivity index (χ1n) is 5.00. The number of hydrogen-bond donors (Lipinski definition) is 2. The lowest BCUT2D eigenvalue weighted by molar-refractivity contribution is -0.117. The fraction of sp³-hybridized carbons (Fsp3) is 0.273. The molecule has 90 valence electrons. The number of hydrogen-bond acceptors (Lipinski definition) is 3. The molecule has 0 spiro atoms. The van der Waals surface area contributed by atoms with Crippen LogP contribution in [0.25, 0.3) is 0 Å². The first kappa shape index (κ1) is 12.1. The van der Waals surface area contributed by atoms with Gasteiger partial charge in [-0.3, -0.25) is 4.79 Å². The molecule has 0 bridgehead atoms. The number of carbonyl (C=O) groups excluding carboxylic acids is 1. The van der Waals surface area contributed by atoms with Gasteiger partial charge in [0.2, 0.25) is 5.91 Å². The summed E-state index contributed by atoms with van der Waals surface area (Å²) >= 11 is 3.23. The number of rotatable bonds is 2. The van der Waals surface area contributed by atoms with Crippen LogP contribution in [0.15, 0.2) is 22.7 Å². The van der Waals surface area contributed by atoms with Crippen LogP contribution < -0.4 is 4.90 Å². The van der Waals surface area contributed by atoms with Gasteiger partial charge in [-0.1, -0.05) is 15.9 Å². The predicted molar refractivity (Wildman–Crippen MR) is 64.1 cm³/mol. The minimum atomic E-state index is -1.10. The van der Waals surface area contributed by atoms with E-state index >= 15 is 0 Å². The Balaban J connectivity index is 2.46. The van der Waals surface area contributed by atoms with Gasteiger partial charge in [-0.2, -0.15) is 0 Å². The molecule has 1 aliphatic rings. The van der Waals surface area contributed by atoms with Gasteiger partial charge in [0.1, 0.15) is 0 Å². The second-order valence-corrected chi connectivity index (χ2v) is 4.74. The zero-order valence-corrected chi connectivity index (χ0v) is 10.3. The van der Waals surface area contributed by atoms with Crippen LogP contribution in [-0.2, 0) is 4.79 Å². The van der Waals surface area contributed by atoms with Crippen molar-refractivity contribution in [2.24, 2.45) is 0 Å². The van der Waals surface area contributed by atoms with E-state index in [1.165, 1.54) is 11.0 Å². The van der Waals surface area contributed by atoms with Crippen LogP contribution in [0, 0.1) is 0 Å². The van der Waals surface area contributed by atoms with Gasteiger partial charge >= 0.3 is 5.97 Å². The Morgan fingerprint density at radius 1 is 1.47 bits per heavy atom. The Kier molecular flexibility index (Phi) is 3.17. The topological polar surface area (TPSA) is 77.8 Å². The summed E-state index contributed by atoms with van der Waals surface area (Å²) in [5, 5.41) is 18.5. The van der Waals surface area contributed by atoms with Gasteiger partial charge in [0, 0.05) is 4.47 Å². The lowest BCUT2D eigenvalue weighted by Gasteiger charge is -2.18. The van der Waals surface area contributed by atoms with Gasteiger partial charge in [0.25, 0.3) is 0 Å². The average Bonchev–Trinajstić information content (AvgIpc) is 2.57. The largest absolute Gasteiger partial charge is 0.478 e. The third-order valence-electron chi connectivity index (χ3n) is 2.59. The van der Waals surface area contributed by atoms with E-state index in [1.807, 2.05) is 0 Å². The maximum absolute atomic E-state index is 11.6. The van der Waals surface area contributed by atoms with Crippen LogP contribution in [0.2, 0.25) is 0 Å². The third kappa shape index (κ3) is 2.32. The lowest BCUT2D eigenvalue weighted by Crippen LogP contribution is -2.27. The number of carboxylic acid groups (broad SMARTS) is 1. The second kappa shape index (κ2) is 4.46. The van der Waals surface area contributed by atoms with Gasteiger partial charge in [-0.25, -0.2) is 4.79 Å². The highest BCUT2D eigenvalue weighted by Gasteiger charge is 2.31. The summed E-state index contributed by atoms with van der Waals surface area (Å²) < 4.78 is 0.687. The van der Waals surface area contributed by atoms with Crippen LogP contribution in [0.3, 0.4) is 0 Å². The van der Waals surface area contributed by atoms with Crippen molar-refractivity contribution < 1.29 is 19.8 Å². The SMILES string of the molecule is O=C(O)c1ccc(Br)cc1N1CC(O)CC1=O. The summed E-state index contributed by atoms with van der Waals surface area (Å²) in [7, 11) is 0. The number of β-amino-alcohol motifs (C(OH)–C–C–N with tert-alkyl or cyclic N) is 1. The zero-order chi connectivity index (χ0) is 12.6. The number of halogens is 1. The number of benzene rings is 1. The van der Waals surface area contributed by atoms with Crippen molar-refractivity contribution in [1.29, 1.82) is 0 Å². The van der Waals surface area contributed by atoms with E-state index in [0.717, 1.165) is 0 Å². The van der Waals surface area contributed by atoms with Gasteiger partial charge < -0.3 is 15.1 Å². The molecule has 0 aromatic heterocycles. The first-order chi connectivity index (χ1) is 7.99. The summed E-state index contributed by atoms with van der Waals surface area (Å²) in [5.74, 6) is -1.36. The van der Waals surface area contributed by atoms with Crippen molar-refractivity contribution >= 4 is 33.5 Å². The predicted octanol–water partition coefficient (Wildman–Crippen LogP) is 1.24. The standard InChI is InChI=1S/C11H10BrNO4/c12-6-1-2-8(11(16)17)9(3-6)13-5-7(14)4-10(13)15/h1-3,7,14H,4-5H2,(H,16,17). The van der Waals surface area contributed by atoms with Crippen molar-refractivity contribution in [3.05, 3.63) is 28.2 Å². The first-order valence-corrected chi connectivity index (χ1v) is 5.79. The van der Waals surface area contributed by atoms with Gasteiger partial charge in [-0.05, 0) is 18.2 Å². The molecule has 5 nitrogen and oxygen atoms in total. The van der Waals surface area contributed by atoms with E-state index in [0.29, 0.717) is 10.2 Å². The number of anilines is 1. The molecule has 17 heavy (non-hydrogen) atoms. The fourth-order valence-corrected chi connectivity index (χ4v) is 2.18. The molecule has 1 unspecified atom stereocenters. The molecule has 2 rings (SSSR count). The number of amides is 1. The second-order valence-electron chi connectivity index (χ2n) is 3.83. The number of carbonyl (C=O) groups is 2. The van der Waals surface area contributed by atoms with Gasteiger partial charge in [0.15, 0.2) is 0 Å². The van der Waals surface area contributed by atoms with Crippen molar-refractivity contribution in [2.75, 3.05) is 11.4 Å². The Labute approximate surface area is 106 Å². The number of carboxylic acids is 1. The van der Waals surface area contributed by atoms with E-state index in [1.54, 1.807) is 12.1 Å². The number of aliphatic hydroxyl groups excluding tert-OH is 1. The summed E-state index contributed by atoms with van der Waals surface area (Å²) in [6.07, 6.45) is -0.700. The van der Waals surface area contributed by atoms with E-state index in [9.17, 15) is 14.7 Å². The maximum Gasteiger partial charge on any atom is 0.337 e. The summed E-state index contributed by atoms with van der Waals surface area (Å²) in [5.41, 5.74) is 0.365. The maximum atomic E-state index is 11.6. The van der Waals surface area contributed by atoms with Crippen LogP contribution >= 0.6 is 15.9 Å². The molecule has 1 saturated heterocycles. The Bertz CT molecular complexity index is 488. The smallest absolute Gasteiger partial charge is 0.337 e. The molecule has 1 aliphatic heterocycles. The summed E-state index contributed by atoms with van der Waals surface area (Å²) in [6, 6.07) is 4.60. The summed E-state index contributed by atoms with van der Waals surface area (Å²) in [4.78, 5) is 24.0. The quantitative estimate of drug-likeness (QED) is 0.861. The number of nitrogens with zero attached hydrogens (tertiary/aromatic N) is 1. The lowest BCUT2D eigenvalue weighted by atomic mass is 10.1. The van der Waals surface area contributed by atoms with Gasteiger partial charge in [-0.15, -0.1) is 0 Å². The van der Waals surface area contributed by atoms with Crippen molar-refractivity contribution in [3.8, 4) is 0 Å². The molecule has 1 heterocycles. The Hall–Kier alpha value is -1.40. The van der Waals surface area contributed by atoms with Crippen molar-refractivity contribution in [3.63, 3.8) is 0 Å². The van der Waals surface area contributed by atoms with E-state index in [4.69, 9.17) is 5.11 Å². The van der Waals surface area contributed by atoms with E-state index in [-0.39, 0.29) is 24.4 Å². The Morgan fingerprint density at radius 2 is 2.18 bits per heavy atom. The molecule has 1 aromatic carbocycles. The van der Waals surface area contributed by atoms with Gasteiger partial charge in [0.05, 0.1) is 30.3 Å².